The van der Waals surface area contributed by atoms with Crippen molar-refractivity contribution in [1.29, 1.82) is 0 Å². The highest BCUT2D eigenvalue weighted by molar-refractivity contribution is 5.92. The number of aromatic nitrogens is 5. The van der Waals surface area contributed by atoms with Crippen LogP contribution in [0.2, 0.25) is 0 Å². The van der Waals surface area contributed by atoms with Crippen molar-refractivity contribution in [2.24, 2.45) is 0 Å². The number of fused-ring (bicyclic) bond motifs is 1. The van der Waals surface area contributed by atoms with Crippen LogP contribution in [0.3, 0.4) is 0 Å². The highest BCUT2D eigenvalue weighted by Crippen LogP contribution is 2.34. The van der Waals surface area contributed by atoms with E-state index in [1.807, 2.05) is 12.1 Å². The monoisotopic (exact) mass is 286 g/mol. The van der Waals surface area contributed by atoms with Crippen molar-refractivity contribution in [3.05, 3.63) is 41.4 Å². The Labute approximate surface area is 120 Å². The second kappa shape index (κ2) is 5.31. The van der Waals surface area contributed by atoms with Crippen molar-refractivity contribution >= 4 is 11.9 Å². The largest absolute Gasteiger partial charge is 0.463 e. The van der Waals surface area contributed by atoms with Gasteiger partial charge in [0.2, 0.25) is 5.95 Å². The maximum absolute atomic E-state index is 12.3. The van der Waals surface area contributed by atoms with Crippen LogP contribution in [0.1, 0.15) is 25.5 Å². The molecule has 0 amide bonds. The zero-order chi connectivity index (χ0) is 14.8. The number of carbonyl (C=O) groups is 1. The summed E-state index contributed by atoms with van der Waals surface area (Å²) in [5, 5.41) is 14.6. The molecule has 0 unspecified atom stereocenters. The summed E-state index contributed by atoms with van der Waals surface area (Å²) >= 11 is 0. The van der Waals surface area contributed by atoms with Gasteiger partial charge in [0.25, 0.3) is 0 Å². The van der Waals surface area contributed by atoms with Gasteiger partial charge in [0.15, 0.2) is 0 Å². The molecule has 0 bridgehead atoms. The summed E-state index contributed by atoms with van der Waals surface area (Å²) in [6.07, 6.45) is 3.33. The molecule has 0 saturated heterocycles. The van der Waals surface area contributed by atoms with Gasteiger partial charge in [-0.15, -0.1) is 0 Å². The van der Waals surface area contributed by atoms with Crippen molar-refractivity contribution in [2.45, 2.75) is 19.9 Å². The van der Waals surface area contributed by atoms with Gasteiger partial charge in [-0.3, -0.25) is 4.98 Å². The third-order valence-electron chi connectivity index (χ3n) is 3.23. The van der Waals surface area contributed by atoms with Gasteiger partial charge in [0.05, 0.1) is 12.2 Å². The molecule has 1 aliphatic heterocycles. The number of nitrogens with one attached hydrogen (secondary N) is 1. The molecule has 8 nitrogen and oxygen atoms in total. The van der Waals surface area contributed by atoms with E-state index in [9.17, 15) is 4.79 Å². The van der Waals surface area contributed by atoms with Gasteiger partial charge in [-0.25, -0.2) is 4.79 Å². The van der Waals surface area contributed by atoms with Gasteiger partial charge in [-0.1, -0.05) is 5.10 Å². The molecule has 108 valence electrons. The van der Waals surface area contributed by atoms with Crippen molar-refractivity contribution < 1.29 is 9.53 Å². The van der Waals surface area contributed by atoms with Gasteiger partial charge in [0, 0.05) is 18.1 Å². The third kappa shape index (κ3) is 2.24. The topological polar surface area (TPSA) is 94.8 Å². The molecule has 0 aliphatic carbocycles. The minimum Gasteiger partial charge on any atom is -0.463 e. The summed E-state index contributed by atoms with van der Waals surface area (Å²) in [5.41, 5.74) is 2.03. The van der Waals surface area contributed by atoms with E-state index < -0.39 is 6.04 Å². The molecule has 8 heteroatoms. The Hall–Kier alpha value is -2.77. The first-order chi connectivity index (χ1) is 10.2. The molecule has 3 heterocycles. The molecule has 0 saturated carbocycles. The van der Waals surface area contributed by atoms with E-state index in [1.165, 1.54) is 0 Å². The Morgan fingerprint density at radius 1 is 1.43 bits per heavy atom. The zero-order valence-electron chi connectivity index (χ0n) is 11.6. The van der Waals surface area contributed by atoms with Crippen LogP contribution in [-0.4, -0.2) is 37.8 Å². The first-order valence-electron chi connectivity index (χ1n) is 6.55. The fourth-order valence-electron chi connectivity index (χ4n) is 2.34. The Bertz CT molecular complexity index is 694. The van der Waals surface area contributed by atoms with Crippen molar-refractivity contribution in [3.63, 3.8) is 0 Å². The van der Waals surface area contributed by atoms with E-state index >= 15 is 0 Å². The minimum absolute atomic E-state index is 0.307. The number of pyridine rings is 1. The lowest BCUT2D eigenvalue weighted by Gasteiger charge is -2.27. The Morgan fingerprint density at radius 3 is 2.90 bits per heavy atom. The lowest BCUT2D eigenvalue weighted by atomic mass is 9.97. The molecule has 1 N–H and O–H groups in total. The van der Waals surface area contributed by atoms with Crippen LogP contribution in [-0.2, 0) is 9.53 Å². The Morgan fingerprint density at radius 2 is 2.19 bits per heavy atom. The van der Waals surface area contributed by atoms with Gasteiger partial charge < -0.3 is 10.1 Å². The number of nitrogens with zero attached hydrogens (tertiary/aromatic N) is 5. The maximum Gasteiger partial charge on any atom is 0.338 e. The quantitative estimate of drug-likeness (QED) is 0.838. The van der Waals surface area contributed by atoms with Gasteiger partial charge in [-0.05, 0) is 42.0 Å². The fourth-order valence-corrected chi connectivity index (χ4v) is 2.34. The number of hydrogen-bond donors (Lipinski definition) is 1. The Balaban J connectivity index is 2.13. The summed E-state index contributed by atoms with van der Waals surface area (Å²) in [4.78, 5) is 16.3. The third-order valence-corrected chi connectivity index (χ3v) is 3.23. The SMILES string of the molecule is CCOC(=O)C1=C(C)Nc2nnnn2[C@@H]1c1ccncc1. The fraction of sp³-hybridized carbons (Fsp3) is 0.308. The van der Waals surface area contributed by atoms with Crippen LogP contribution in [0.25, 0.3) is 0 Å². The second-order valence-electron chi connectivity index (χ2n) is 4.51. The van der Waals surface area contributed by atoms with Crippen LogP contribution in [0, 0.1) is 0 Å². The van der Waals surface area contributed by atoms with Crippen LogP contribution in [0.4, 0.5) is 5.95 Å². The lowest BCUT2D eigenvalue weighted by molar-refractivity contribution is -0.139. The molecule has 0 radical (unpaired) electrons. The number of ether oxygens (including phenoxy) is 1. The number of tetrazole rings is 1. The Kier molecular flexibility index (Phi) is 3.35. The van der Waals surface area contributed by atoms with E-state index in [0.29, 0.717) is 23.8 Å². The summed E-state index contributed by atoms with van der Waals surface area (Å²) in [6, 6.07) is 3.22. The van der Waals surface area contributed by atoms with Crippen LogP contribution in [0.5, 0.6) is 0 Å². The maximum atomic E-state index is 12.3. The highest BCUT2D eigenvalue weighted by atomic mass is 16.5. The smallest absolute Gasteiger partial charge is 0.338 e. The standard InChI is InChI=1S/C13H14N6O2/c1-3-21-12(20)10-8(2)15-13-16-17-18-19(13)11(10)9-4-6-14-7-5-9/h4-7,11H,3H2,1-2H3,(H,15,16,18)/t11-/m1/s1. The average molecular weight is 286 g/mol. The highest BCUT2D eigenvalue weighted by Gasteiger charge is 2.34. The number of allylic oxidation sites excluding steroid dienone is 1. The first-order valence-corrected chi connectivity index (χ1v) is 6.55. The first kappa shape index (κ1) is 13.2. The molecule has 0 aromatic carbocycles. The molecule has 0 spiro atoms. The summed E-state index contributed by atoms with van der Waals surface area (Å²) in [5.74, 6) is 0.104. The predicted octanol–water partition coefficient (Wildman–Crippen LogP) is 0.920. The summed E-state index contributed by atoms with van der Waals surface area (Å²) in [7, 11) is 0. The van der Waals surface area contributed by atoms with Gasteiger partial charge in [-0.2, -0.15) is 4.68 Å². The van der Waals surface area contributed by atoms with E-state index in [-0.39, 0.29) is 5.97 Å². The molecule has 2 aromatic heterocycles. The van der Waals surface area contributed by atoms with E-state index in [4.69, 9.17) is 4.74 Å². The summed E-state index contributed by atoms with van der Waals surface area (Å²) < 4.78 is 6.72. The molecular formula is C13H14N6O2. The van der Waals surface area contributed by atoms with Gasteiger partial charge in [0.1, 0.15) is 6.04 Å². The van der Waals surface area contributed by atoms with E-state index in [2.05, 4.69) is 25.8 Å². The lowest BCUT2D eigenvalue weighted by Crippen LogP contribution is -2.29. The number of rotatable bonds is 3. The van der Waals surface area contributed by atoms with Crippen molar-refractivity contribution in [1.82, 2.24) is 25.2 Å². The van der Waals surface area contributed by atoms with Crippen LogP contribution < -0.4 is 5.32 Å². The molecule has 2 aromatic rings. The van der Waals surface area contributed by atoms with Crippen LogP contribution >= 0.6 is 0 Å². The predicted molar refractivity (Wildman–Crippen MR) is 73.1 cm³/mol. The van der Waals surface area contributed by atoms with E-state index in [0.717, 1.165) is 5.56 Å². The number of esters is 1. The van der Waals surface area contributed by atoms with Gasteiger partial charge >= 0.3 is 5.97 Å². The molecule has 1 atom stereocenters. The number of hydrogen-bond acceptors (Lipinski definition) is 7. The molecular weight excluding hydrogens is 272 g/mol. The number of carbonyl (C=O) groups excluding carboxylic acids is 1. The van der Waals surface area contributed by atoms with Crippen molar-refractivity contribution in [3.8, 4) is 0 Å². The minimum atomic E-state index is -0.432. The van der Waals surface area contributed by atoms with Crippen molar-refractivity contribution in [2.75, 3.05) is 11.9 Å². The normalized spacial score (nSPS) is 17.1. The summed E-state index contributed by atoms with van der Waals surface area (Å²) in [6.45, 7) is 3.88. The number of anilines is 1. The molecule has 3 rings (SSSR count). The zero-order valence-corrected chi connectivity index (χ0v) is 11.6. The average Bonchev–Trinajstić information content (AvgIpc) is 2.94. The molecule has 1 aliphatic rings. The van der Waals surface area contributed by atoms with Crippen LogP contribution in [0.15, 0.2) is 35.8 Å². The molecule has 0 fully saturated rings. The second-order valence-corrected chi connectivity index (χ2v) is 4.51. The van der Waals surface area contributed by atoms with E-state index in [1.54, 1.807) is 30.9 Å². The molecule has 21 heavy (non-hydrogen) atoms.